The summed E-state index contributed by atoms with van der Waals surface area (Å²) in [7, 11) is 1.34. The Morgan fingerprint density at radius 3 is 2.63 bits per heavy atom. The summed E-state index contributed by atoms with van der Waals surface area (Å²) < 4.78 is 17.6. The summed E-state index contributed by atoms with van der Waals surface area (Å²) in [4.78, 5) is 20.0. The van der Waals surface area contributed by atoms with Gasteiger partial charge >= 0.3 is 5.97 Å². The molecule has 0 aliphatic heterocycles. The van der Waals surface area contributed by atoms with Crippen LogP contribution in [-0.2, 0) is 11.2 Å². The second-order valence-electron chi connectivity index (χ2n) is 5.79. The van der Waals surface area contributed by atoms with E-state index in [1.165, 1.54) is 25.6 Å². The van der Waals surface area contributed by atoms with E-state index in [4.69, 9.17) is 4.74 Å². The largest absolute Gasteiger partial charge is 0.465 e. The molecule has 0 spiro atoms. The van der Waals surface area contributed by atoms with Gasteiger partial charge in [-0.3, -0.25) is 0 Å². The smallest absolute Gasteiger partial charge is 0.337 e. The molecule has 0 bridgehead atoms. The Labute approximate surface area is 156 Å². The number of esters is 1. The number of halogens is 1. The van der Waals surface area contributed by atoms with Crippen LogP contribution >= 0.6 is 0 Å². The van der Waals surface area contributed by atoms with Crippen molar-refractivity contribution in [3.63, 3.8) is 0 Å². The summed E-state index contributed by atoms with van der Waals surface area (Å²) in [5, 5.41) is 6.35. The zero-order valence-electron chi connectivity index (χ0n) is 14.8. The van der Waals surface area contributed by atoms with Crippen molar-refractivity contribution < 1.29 is 13.9 Å². The number of aromatic nitrogens is 2. The first kappa shape index (κ1) is 18.3. The molecule has 0 amide bonds. The molecule has 0 aliphatic carbocycles. The van der Waals surface area contributed by atoms with E-state index in [0.29, 0.717) is 29.4 Å². The fraction of sp³-hybridized carbons (Fsp3) is 0.150. The quantitative estimate of drug-likeness (QED) is 0.620. The van der Waals surface area contributed by atoms with Crippen molar-refractivity contribution in [1.82, 2.24) is 9.97 Å². The van der Waals surface area contributed by atoms with Crippen LogP contribution in [0.4, 0.5) is 21.7 Å². The Morgan fingerprint density at radius 2 is 1.85 bits per heavy atom. The van der Waals surface area contributed by atoms with Gasteiger partial charge in [0.1, 0.15) is 23.8 Å². The second-order valence-corrected chi connectivity index (χ2v) is 5.79. The minimum absolute atomic E-state index is 0.241. The SMILES string of the molecule is COC(=O)c1cccc(Nc2cc(NCCc3ccc(F)cc3)ncn2)c1. The predicted octanol–water partition coefficient (Wildman–Crippen LogP) is 3.80. The highest BCUT2D eigenvalue weighted by Crippen LogP contribution is 2.18. The number of anilines is 3. The zero-order valence-corrected chi connectivity index (χ0v) is 14.8. The predicted molar refractivity (Wildman–Crippen MR) is 102 cm³/mol. The molecule has 27 heavy (non-hydrogen) atoms. The number of benzene rings is 2. The Morgan fingerprint density at radius 1 is 1.07 bits per heavy atom. The monoisotopic (exact) mass is 366 g/mol. The molecule has 0 atom stereocenters. The lowest BCUT2D eigenvalue weighted by molar-refractivity contribution is 0.0601. The summed E-state index contributed by atoms with van der Waals surface area (Å²) in [6, 6.07) is 15.2. The molecule has 7 heteroatoms. The number of nitrogens with one attached hydrogen (secondary N) is 2. The van der Waals surface area contributed by atoms with Crippen LogP contribution in [0.2, 0.25) is 0 Å². The maximum atomic E-state index is 12.9. The van der Waals surface area contributed by atoms with Gasteiger partial charge in [-0.05, 0) is 42.3 Å². The lowest BCUT2D eigenvalue weighted by Crippen LogP contribution is -2.07. The minimum Gasteiger partial charge on any atom is -0.465 e. The van der Waals surface area contributed by atoms with Gasteiger partial charge in [-0.2, -0.15) is 0 Å². The van der Waals surface area contributed by atoms with Gasteiger partial charge in [0.2, 0.25) is 0 Å². The van der Waals surface area contributed by atoms with Crippen molar-refractivity contribution in [2.45, 2.75) is 6.42 Å². The Hall–Kier alpha value is -3.48. The van der Waals surface area contributed by atoms with E-state index in [9.17, 15) is 9.18 Å². The van der Waals surface area contributed by atoms with Crippen molar-refractivity contribution in [1.29, 1.82) is 0 Å². The van der Waals surface area contributed by atoms with Gasteiger partial charge in [0.05, 0.1) is 12.7 Å². The molecule has 0 saturated carbocycles. The molecule has 0 saturated heterocycles. The van der Waals surface area contributed by atoms with E-state index in [1.54, 1.807) is 36.4 Å². The topological polar surface area (TPSA) is 76.1 Å². The van der Waals surface area contributed by atoms with Crippen LogP contribution in [0.5, 0.6) is 0 Å². The molecular weight excluding hydrogens is 347 g/mol. The third kappa shape index (κ3) is 5.24. The molecule has 6 nitrogen and oxygen atoms in total. The first-order valence-corrected chi connectivity index (χ1v) is 8.40. The second kappa shape index (κ2) is 8.75. The molecule has 2 N–H and O–H groups in total. The lowest BCUT2D eigenvalue weighted by Gasteiger charge is -2.09. The summed E-state index contributed by atoms with van der Waals surface area (Å²) in [6.07, 6.45) is 2.20. The number of carbonyl (C=O) groups excluding carboxylic acids is 1. The summed E-state index contributed by atoms with van der Waals surface area (Å²) in [6.45, 7) is 0.653. The number of rotatable bonds is 7. The number of methoxy groups -OCH3 is 1. The first-order chi connectivity index (χ1) is 13.1. The van der Waals surface area contributed by atoms with Gasteiger partial charge < -0.3 is 15.4 Å². The Balaban J connectivity index is 1.60. The molecule has 1 aromatic heterocycles. The zero-order chi connectivity index (χ0) is 19.1. The van der Waals surface area contributed by atoms with Gasteiger partial charge in [0, 0.05) is 18.3 Å². The molecule has 138 valence electrons. The first-order valence-electron chi connectivity index (χ1n) is 8.40. The highest BCUT2D eigenvalue weighted by atomic mass is 19.1. The number of ether oxygens (including phenoxy) is 1. The highest BCUT2D eigenvalue weighted by Gasteiger charge is 2.06. The molecule has 0 fully saturated rings. The molecule has 3 aromatic rings. The van der Waals surface area contributed by atoms with Crippen LogP contribution in [0.3, 0.4) is 0 Å². The number of hydrogen-bond acceptors (Lipinski definition) is 6. The summed E-state index contributed by atoms with van der Waals surface area (Å²) in [5.74, 6) is 0.619. The van der Waals surface area contributed by atoms with Crippen molar-refractivity contribution >= 4 is 23.3 Å². The van der Waals surface area contributed by atoms with Crippen molar-refractivity contribution in [2.75, 3.05) is 24.3 Å². The standard InChI is InChI=1S/C20H19FN4O2/c1-27-20(26)15-3-2-4-17(11-15)25-19-12-18(23-13-24-19)22-10-9-14-5-7-16(21)8-6-14/h2-8,11-13H,9-10H2,1H3,(H2,22,23,24,25). The Kier molecular flexibility index (Phi) is 5.94. The van der Waals surface area contributed by atoms with E-state index in [-0.39, 0.29) is 5.82 Å². The number of nitrogens with zero attached hydrogens (tertiary/aromatic N) is 2. The molecule has 0 radical (unpaired) electrons. The number of hydrogen-bond donors (Lipinski definition) is 2. The average Bonchev–Trinajstić information content (AvgIpc) is 2.69. The molecular formula is C20H19FN4O2. The number of carbonyl (C=O) groups is 1. The van der Waals surface area contributed by atoms with Crippen molar-refractivity contribution in [2.24, 2.45) is 0 Å². The fourth-order valence-electron chi connectivity index (χ4n) is 2.50. The Bertz CT molecular complexity index is 916. The third-order valence-corrected chi connectivity index (χ3v) is 3.86. The van der Waals surface area contributed by atoms with Crippen molar-refractivity contribution in [3.05, 3.63) is 77.9 Å². The van der Waals surface area contributed by atoms with E-state index in [2.05, 4.69) is 20.6 Å². The van der Waals surface area contributed by atoms with E-state index in [0.717, 1.165) is 12.0 Å². The molecule has 2 aromatic carbocycles. The van der Waals surface area contributed by atoms with Crippen LogP contribution in [0, 0.1) is 5.82 Å². The third-order valence-electron chi connectivity index (χ3n) is 3.86. The average molecular weight is 366 g/mol. The van der Waals surface area contributed by atoms with Crippen LogP contribution < -0.4 is 10.6 Å². The normalized spacial score (nSPS) is 10.3. The van der Waals surface area contributed by atoms with Gasteiger partial charge in [0.15, 0.2) is 0 Å². The van der Waals surface area contributed by atoms with Gasteiger partial charge in [-0.25, -0.2) is 19.2 Å². The minimum atomic E-state index is -0.399. The van der Waals surface area contributed by atoms with Crippen LogP contribution in [0.25, 0.3) is 0 Å². The maximum absolute atomic E-state index is 12.9. The van der Waals surface area contributed by atoms with E-state index in [1.807, 2.05) is 6.07 Å². The van der Waals surface area contributed by atoms with Crippen LogP contribution in [0.1, 0.15) is 15.9 Å². The lowest BCUT2D eigenvalue weighted by atomic mass is 10.1. The molecule has 3 rings (SSSR count). The maximum Gasteiger partial charge on any atom is 0.337 e. The van der Waals surface area contributed by atoms with E-state index < -0.39 is 5.97 Å². The van der Waals surface area contributed by atoms with Gasteiger partial charge in [-0.15, -0.1) is 0 Å². The van der Waals surface area contributed by atoms with Gasteiger partial charge in [0.25, 0.3) is 0 Å². The van der Waals surface area contributed by atoms with Crippen molar-refractivity contribution in [3.8, 4) is 0 Å². The molecule has 0 aliphatic rings. The summed E-state index contributed by atoms with van der Waals surface area (Å²) in [5.41, 5.74) is 2.21. The van der Waals surface area contributed by atoms with E-state index >= 15 is 0 Å². The van der Waals surface area contributed by atoms with Crippen LogP contribution in [-0.4, -0.2) is 29.6 Å². The summed E-state index contributed by atoms with van der Waals surface area (Å²) >= 11 is 0. The van der Waals surface area contributed by atoms with Gasteiger partial charge in [-0.1, -0.05) is 18.2 Å². The highest BCUT2D eigenvalue weighted by molar-refractivity contribution is 5.90. The fourth-order valence-corrected chi connectivity index (χ4v) is 2.50. The molecule has 0 unspecified atom stereocenters. The van der Waals surface area contributed by atoms with Crippen LogP contribution in [0.15, 0.2) is 60.9 Å². The molecule has 1 heterocycles.